The van der Waals surface area contributed by atoms with Gasteiger partial charge in [0.2, 0.25) is 0 Å². The second kappa shape index (κ2) is 9.65. The topological polar surface area (TPSA) is 80.2 Å². The normalized spacial score (nSPS) is 11.5. The average Bonchev–Trinajstić information content (AvgIpc) is 3.46. The molecule has 36 heavy (non-hydrogen) atoms. The maximum Gasteiger partial charge on any atom is 0.312 e. The molecule has 0 saturated heterocycles. The van der Waals surface area contributed by atoms with Crippen molar-refractivity contribution >= 4 is 42.4 Å². The second-order valence-electron chi connectivity index (χ2n) is 8.00. The van der Waals surface area contributed by atoms with Crippen LogP contribution >= 0.6 is 11.3 Å². The largest absolute Gasteiger partial charge is 0.312 e. The van der Waals surface area contributed by atoms with Gasteiger partial charge >= 0.3 is 10.1 Å². The van der Waals surface area contributed by atoms with E-state index in [1.807, 2.05) is 0 Å². The van der Waals surface area contributed by atoms with Gasteiger partial charge < -0.3 is 0 Å². The summed E-state index contributed by atoms with van der Waals surface area (Å²) < 4.78 is 30.3. The van der Waals surface area contributed by atoms with Gasteiger partial charge in [-0.2, -0.15) is 8.42 Å². The Morgan fingerprint density at radius 1 is 0.778 bits per heavy atom. The summed E-state index contributed by atoms with van der Waals surface area (Å²) in [6.45, 7) is 0. The van der Waals surface area contributed by atoms with Crippen molar-refractivity contribution in [3.05, 3.63) is 103 Å². The summed E-state index contributed by atoms with van der Waals surface area (Å²) in [6.07, 6.45) is 1.29. The first-order valence-corrected chi connectivity index (χ1v) is 13.1. The fourth-order valence-corrected chi connectivity index (χ4v) is 5.74. The minimum Gasteiger partial charge on any atom is -0.295 e. The van der Waals surface area contributed by atoms with E-state index in [1.54, 1.807) is 17.4 Å². The molecule has 1 aliphatic rings. The van der Waals surface area contributed by atoms with E-state index in [-0.39, 0.29) is 25.1 Å². The molecule has 7 rings (SSSR count). The fraction of sp³-hybridized carbons (Fsp3) is 0. The van der Waals surface area contributed by atoms with Crippen molar-refractivity contribution in [2.24, 2.45) is 0 Å². The Kier molecular flexibility index (Phi) is 6.55. The molecule has 3 aromatic carbocycles. The van der Waals surface area contributed by atoms with Gasteiger partial charge in [-0.3, -0.25) is 9.54 Å². The van der Waals surface area contributed by atoms with E-state index in [0.717, 1.165) is 21.5 Å². The molecule has 0 bridgehead atoms. The van der Waals surface area contributed by atoms with Crippen LogP contribution in [-0.2, 0) is 30.2 Å². The minimum absolute atomic E-state index is 0. The van der Waals surface area contributed by atoms with E-state index < -0.39 is 10.1 Å². The van der Waals surface area contributed by atoms with Crippen LogP contribution in [0.4, 0.5) is 0 Å². The van der Waals surface area contributed by atoms with Crippen molar-refractivity contribution in [2.75, 3.05) is 0 Å². The SMILES string of the molecule is O=S(=O)(O)c1ccccn1.[Ir].[c-]1c(-c2cc3c4c(cccc4n2)-c2ccccc2-3)sc2ccccc12. The third-order valence-corrected chi connectivity index (χ3v) is 7.68. The van der Waals surface area contributed by atoms with Gasteiger partial charge in [0.15, 0.2) is 5.03 Å². The Bertz CT molecular complexity index is 1800. The summed E-state index contributed by atoms with van der Waals surface area (Å²) in [5.41, 5.74) is 7.27. The van der Waals surface area contributed by atoms with E-state index in [4.69, 9.17) is 9.54 Å². The molecule has 0 aliphatic heterocycles. The molecular weight excluding hydrogens is 669 g/mol. The van der Waals surface area contributed by atoms with Crippen LogP contribution in [0.1, 0.15) is 0 Å². The van der Waals surface area contributed by atoms with E-state index in [2.05, 4.69) is 83.8 Å². The molecule has 3 heterocycles. The zero-order valence-electron chi connectivity index (χ0n) is 18.5. The summed E-state index contributed by atoms with van der Waals surface area (Å²) in [5.74, 6) is 0. The van der Waals surface area contributed by atoms with Gasteiger partial charge in [0.25, 0.3) is 0 Å². The van der Waals surface area contributed by atoms with Crippen molar-refractivity contribution < 1.29 is 33.1 Å². The van der Waals surface area contributed by atoms with Gasteiger partial charge in [0, 0.05) is 37.4 Å². The summed E-state index contributed by atoms with van der Waals surface area (Å²) in [4.78, 5) is 9.48. The van der Waals surface area contributed by atoms with Gasteiger partial charge in [-0.25, -0.2) is 16.3 Å². The third-order valence-electron chi connectivity index (χ3n) is 5.82. The zero-order valence-corrected chi connectivity index (χ0v) is 22.6. The average molecular weight is 686 g/mol. The number of nitrogens with zero attached hydrogens (tertiary/aromatic N) is 2. The minimum atomic E-state index is -4.11. The Morgan fingerprint density at radius 3 is 2.17 bits per heavy atom. The van der Waals surface area contributed by atoms with Crippen LogP contribution in [0.25, 0.3) is 53.8 Å². The molecule has 0 spiro atoms. The first kappa shape index (κ1) is 24.4. The Morgan fingerprint density at radius 2 is 1.47 bits per heavy atom. The molecule has 0 saturated carbocycles. The van der Waals surface area contributed by atoms with E-state index in [9.17, 15) is 8.42 Å². The maximum atomic E-state index is 10.3. The summed E-state index contributed by atoms with van der Waals surface area (Å²) in [6, 6.07) is 33.5. The number of thiophene rings is 1. The van der Waals surface area contributed by atoms with Crippen molar-refractivity contribution in [2.45, 2.75) is 5.03 Å². The number of benzene rings is 3. The number of hydrogen-bond donors (Lipinski definition) is 1. The van der Waals surface area contributed by atoms with Crippen LogP contribution in [0, 0.1) is 6.07 Å². The van der Waals surface area contributed by atoms with Crippen LogP contribution < -0.4 is 0 Å². The molecule has 1 aliphatic carbocycles. The van der Waals surface area contributed by atoms with Crippen molar-refractivity contribution in [1.82, 2.24) is 9.97 Å². The molecule has 0 amide bonds. The molecule has 6 aromatic rings. The third kappa shape index (κ3) is 4.39. The molecule has 0 unspecified atom stereocenters. The number of fused-ring (bicyclic) bond motifs is 4. The Labute approximate surface area is 225 Å². The smallest absolute Gasteiger partial charge is 0.295 e. The van der Waals surface area contributed by atoms with Crippen LogP contribution in [0.5, 0.6) is 0 Å². The van der Waals surface area contributed by atoms with Crippen LogP contribution in [0.2, 0.25) is 0 Å². The van der Waals surface area contributed by atoms with Gasteiger partial charge in [0.1, 0.15) is 0 Å². The number of pyridine rings is 2. The first-order valence-electron chi connectivity index (χ1n) is 10.8. The van der Waals surface area contributed by atoms with Crippen LogP contribution in [0.3, 0.4) is 0 Å². The summed E-state index contributed by atoms with van der Waals surface area (Å²) in [5, 5.41) is 2.11. The first-order chi connectivity index (χ1) is 17.0. The maximum absolute atomic E-state index is 10.3. The second-order valence-corrected chi connectivity index (χ2v) is 10.4. The van der Waals surface area contributed by atoms with Crippen LogP contribution in [-0.4, -0.2) is 22.9 Å². The van der Waals surface area contributed by atoms with Gasteiger partial charge in [-0.05, 0) is 50.0 Å². The number of hydrogen-bond acceptors (Lipinski definition) is 5. The Balaban J connectivity index is 0.000000207. The molecule has 1 N–H and O–H groups in total. The van der Waals surface area contributed by atoms with Crippen molar-refractivity contribution in [1.29, 1.82) is 0 Å². The van der Waals surface area contributed by atoms with Crippen LogP contribution in [0.15, 0.2) is 102 Å². The summed E-state index contributed by atoms with van der Waals surface area (Å²) >= 11 is 1.76. The molecule has 1 radical (unpaired) electrons. The predicted molar refractivity (Wildman–Crippen MR) is 140 cm³/mol. The van der Waals surface area contributed by atoms with E-state index >= 15 is 0 Å². The standard InChI is InChI=1S/C23H12NS.C5H5NO3S.Ir/c1-4-11-21-14(6-1)12-22(25-21)20-13-18-16-8-3-2-7-15(16)17-9-5-10-19(24-20)23(17)18;7-10(8,9)5-3-1-2-4-6-5;/h1-11,13H;1-4H,(H,7,8,9);/q-1;;. The molecule has 0 atom stereocenters. The fourth-order valence-electron chi connectivity index (χ4n) is 4.33. The molecule has 0 fully saturated rings. The quantitative estimate of drug-likeness (QED) is 0.159. The van der Waals surface area contributed by atoms with Crippen molar-refractivity contribution in [3.8, 4) is 32.8 Å². The summed E-state index contributed by atoms with van der Waals surface area (Å²) in [7, 11) is -4.11. The predicted octanol–water partition coefficient (Wildman–Crippen LogP) is 6.89. The van der Waals surface area contributed by atoms with Crippen molar-refractivity contribution in [3.63, 3.8) is 0 Å². The molecule has 8 heteroatoms. The van der Waals surface area contributed by atoms with E-state index in [1.165, 1.54) is 50.7 Å². The molecule has 179 valence electrons. The monoisotopic (exact) mass is 686 g/mol. The van der Waals surface area contributed by atoms with Gasteiger partial charge in [-0.1, -0.05) is 60.7 Å². The Hall–Kier alpha value is -3.26. The van der Waals surface area contributed by atoms with Gasteiger partial charge in [-0.15, -0.1) is 23.6 Å². The zero-order chi connectivity index (χ0) is 24.0. The number of aromatic nitrogens is 2. The number of rotatable bonds is 2. The molecule has 5 nitrogen and oxygen atoms in total. The molecular formula is C28H17IrN2O3S2-. The van der Waals surface area contributed by atoms with Gasteiger partial charge in [0.05, 0.1) is 5.52 Å². The molecule has 3 aromatic heterocycles. The van der Waals surface area contributed by atoms with E-state index in [0.29, 0.717) is 0 Å².